The Balaban J connectivity index is 1.75. The molecule has 4 nitrogen and oxygen atoms in total. The van der Waals surface area contributed by atoms with Gasteiger partial charge in [0.05, 0.1) is 10.7 Å². The monoisotopic (exact) mass is 343 g/mol. The summed E-state index contributed by atoms with van der Waals surface area (Å²) in [5, 5.41) is 4.11. The highest BCUT2D eigenvalue weighted by molar-refractivity contribution is 7.13. The van der Waals surface area contributed by atoms with E-state index < -0.39 is 0 Å². The van der Waals surface area contributed by atoms with Gasteiger partial charge in [0.1, 0.15) is 4.88 Å². The number of nitrogens with zero attached hydrogens (tertiary/aromatic N) is 2. The Labute approximate surface area is 147 Å². The third-order valence-electron chi connectivity index (χ3n) is 4.51. The highest BCUT2D eigenvalue weighted by Gasteiger charge is 2.19. The topological polar surface area (TPSA) is 45.2 Å². The molecule has 1 aromatic heterocycles. The van der Waals surface area contributed by atoms with E-state index in [-0.39, 0.29) is 5.91 Å². The van der Waals surface area contributed by atoms with Gasteiger partial charge in [0, 0.05) is 24.5 Å². The van der Waals surface area contributed by atoms with Crippen LogP contribution >= 0.6 is 11.3 Å². The van der Waals surface area contributed by atoms with Gasteiger partial charge in [-0.05, 0) is 50.8 Å². The fourth-order valence-corrected chi connectivity index (χ4v) is 4.14. The minimum atomic E-state index is -0.0475. The molecule has 0 saturated heterocycles. The van der Waals surface area contributed by atoms with Crippen molar-refractivity contribution in [3.05, 3.63) is 39.3 Å². The van der Waals surface area contributed by atoms with Crippen LogP contribution in [0.4, 0.5) is 11.4 Å². The van der Waals surface area contributed by atoms with Crippen LogP contribution in [0.2, 0.25) is 0 Å². The molecule has 24 heavy (non-hydrogen) atoms. The maximum atomic E-state index is 12.6. The molecule has 1 aliphatic rings. The smallest absolute Gasteiger partial charge is 0.267 e. The number of hydrogen-bond acceptors (Lipinski definition) is 4. The van der Waals surface area contributed by atoms with Crippen LogP contribution in [0, 0.1) is 6.92 Å². The van der Waals surface area contributed by atoms with Crippen LogP contribution in [-0.4, -0.2) is 24.0 Å². The molecule has 0 radical (unpaired) electrons. The molecule has 1 aromatic carbocycles. The minimum absolute atomic E-state index is 0.0475. The number of thiazole rings is 1. The van der Waals surface area contributed by atoms with Crippen molar-refractivity contribution >= 4 is 28.6 Å². The van der Waals surface area contributed by atoms with Gasteiger partial charge in [0.2, 0.25) is 0 Å². The standard InChI is InChI=1S/C19H25N3OS/c1-4-6-7-17-20-13(3)18(24-17)19(23)21-15-9-8-14-10-11-22(5-2)16(14)12-15/h8-9,12H,4-7,10-11H2,1-3H3,(H,21,23). The first-order valence-corrected chi connectivity index (χ1v) is 9.59. The summed E-state index contributed by atoms with van der Waals surface area (Å²) < 4.78 is 0. The molecule has 0 saturated carbocycles. The number of aryl methyl sites for hydroxylation is 2. The SMILES string of the molecule is CCCCc1nc(C)c(C(=O)Nc2ccc3c(c2)N(CC)CC3)s1. The fraction of sp³-hybridized carbons (Fsp3) is 0.474. The van der Waals surface area contributed by atoms with E-state index in [1.165, 1.54) is 22.6 Å². The number of nitrogens with one attached hydrogen (secondary N) is 1. The molecule has 2 aromatic rings. The van der Waals surface area contributed by atoms with E-state index in [9.17, 15) is 4.79 Å². The van der Waals surface area contributed by atoms with Gasteiger partial charge in [-0.1, -0.05) is 19.4 Å². The lowest BCUT2D eigenvalue weighted by Gasteiger charge is -2.17. The number of benzene rings is 1. The summed E-state index contributed by atoms with van der Waals surface area (Å²) >= 11 is 1.52. The molecule has 128 valence electrons. The van der Waals surface area contributed by atoms with Crippen molar-refractivity contribution < 1.29 is 4.79 Å². The summed E-state index contributed by atoms with van der Waals surface area (Å²) in [6.45, 7) is 8.32. The number of rotatable bonds is 6. The summed E-state index contributed by atoms with van der Waals surface area (Å²) in [4.78, 5) is 20.2. The van der Waals surface area contributed by atoms with Gasteiger partial charge in [-0.3, -0.25) is 4.79 Å². The highest BCUT2D eigenvalue weighted by Crippen LogP contribution is 2.31. The lowest BCUT2D eigenvalue weighted by Crippen LogP contribution is -2.19. The average Bonchev–Trinajstić information content (AvgIpc) is 3.15. The maximum Gasteiger partial charge on any atom is 0.267 e. The van der Waals surface area contributed by atoms with Gasteiger partial charge in [-0.25, -0.2) is 4.98 Å². The van der Waals surface area contributed by atoms with Gasteiger partial charge in [-0.15, -0.1) is 11.3 Å². The summed E-state index contributed by atoms with van der Waals surface area (Å²) in [5.74, 6) is -0.0475. The Morgan fingerprint density at radius 3 is 2.96 bits per heavy atom. The van der Waals surface area contributed by atoms with Gasteiger partial charge in [0.15, 0.2) is 0 Å². The van der Waals surface area contributed by atoms with E-state index in [4.69, 9.17) is 0 Å². The second kappa shape index (κ2) is 7.34. The first-order chi connectivity index (χ1) is 11.6. The molecule has 5 heteroatoms. The number of anilines is 2. The molecule has 1 N–H and O–H groups in total. The molecule has 0 bridgehead atoms. The zero-order valence-corrected chi connectivity index (χ0v) is 15.5. The van der Waals surface area contributed by atoms with Crippen molar-refractivity contribution in [2.75, 3.05) is 23.3 Å². The predicted octanol–water partition coefficient (Wildman–Crippen LogP) is 4.43. The highest BCUT2D eigenvalue weighted by atomic mass is 32.1. The van der Waals surface area contributed by atoms with Crippen LogP contribution < -0.4 is 10.2 Å². The molecule has 0 unspecified atom stereocenters. The van der Waals surface area contributed by atoms with E-state index in [1.54, 1.807) is 0 Å². The van der Waals surface area contributed by atoms with E-state index in [1.807, 2.05) is 13.0 Å². The quantitative estimate of drug-likeness (QED) is 0.844. The number of unbranched alkanes of at least 4 members (excludes halogenated alkanes) is 1. The molecule has 0 spiro atoms. The van der Waals surface area contributed by atoms with Crippen molar-refractivity contribution in [1.82, 2.24) is 4.98 Å². The van der Waals surface area contributed by atoms with Crippen molar-refractivity contribution in [3.8, 4) is 0 Å². The van der Waals surface area contributed by atoms with E-state index in [2.05, 4.69) is 41.2 Å². The normalized spacial score (nSPS) is 13.2. The Morgan fingerprint density at radius 2 is 2.21 bits per heavy atom. The zero-order valence-electron chi connectivity index (χ0n) is 14.7. The van der Waals surface area contributed by atoms with Crippen LogP contribution in [0.15, 0.2) is 18.2 Å². The van der Waals surface area contributed by atoms with Crippen LogP contribution in [0.5, 0.6) is 0 Å². The summed E-state index contributed by atoms with van der Waals surface area (Å²) in [6.07, 6.45) is 4.31. The van der Waals surface area contributed by atoms with Gasteiger partial charge in [0.25, 0.3) is 5.91 Å². The lowest BCUT2D eigenvalue weighted by molar-refractivity contribution is 0.103. The Morgan fingerprint density at radius 1 is 1.38 bits per heavy atom. The van der Waals surface area contributed by atoms with Crippen molar-refractivity contribution in [2.24, 2.45) is 0 Å². The molecule has 0 aliphatic carbocycles. The fourth-order valence-electron chi connectivity index (χ4n) is 3.14. The summed E-state index contributed by atoms with van der Waals surface area (Å²) in [6, 6.07) is 6.23. The summed E-state index contributed by atoms with van der Waals surface area (Å²) in [5.41, 5.74) is 4.31. The van der Waals surface area contributed by atoms with Crippen LogP contribution in [0.25, 0.3) is 0 Å². The largest absolute Gasteiger partial charge is 0.371 e. The average molecular weight is 343 g/mol. The molecule has 0 fully saturated rings. The molecule has 0 atom stereocenters. The van der Waals surface area contributed by atoms with E-state index >= 15 is 0 Å². The predicted molar refractivity (Wildman–Crippen MR) is 101 cm³/mol. The number of carbonyl (C=O) groups excluding carboxylic acids is 1. The molecule has 1 aliphatic heterocycles. The Hall–Kier alpha value is -1.88. The lowest BCUT2D eigenvalue weighted by atomic mass is 10.1. The molecule has 2 heterocycles. The first kappa shape index (κ1) is 17.0. The number of amides is 1. The number of likely N-dealkylation sites (N-methyl/N-ethyl adjacent to an activating group) is 1. The molecule has 3 rings (SSSR count). The van der Waals surface area contributed by atoms with Gasteiger partial charge >= 0.3 is 0 Å². The van der Waals surface area contributed by atoms with Crippen LogP contribution in [-0.2, 0) is 12.8 Å². The molecule has 1 amide bonds. The Bertz CT molecular complexity index is 738. The number of carbonyl (C=O) groups is 1. The van der Waals surface area contributed by atoms with Crippen molar-refractivity contribution in [1.29, 1.82) is 0 Å². The van der Waals surface area contributed by atoms with Crippen molar-refractivity contribution in [2.45, 2.75) is 46.5 Å². The van der Waals surface area contributed by atoms with Gasteiger partial charge in [-0.2, -0.15) is 0 Å². The molecular formula is C19H25N3OS. The van der Waals surface area contributed by atoms with Crippen LogP contribution in [0.3, 0.4) is 0 Å². The minimum Gasteiger partial charge on any atom is -0.371 e. The Kier molecular flexibility index (Phi) is 5.19. The first-order valence-electron chi connectivity index (χ1n) is 8.78. The molecular weight excluding hydrogens is 318 g/mol. The third kappa shape index (κ3) is 3.46. The third-order valence-corrected chi connectivity index (χ3v) is 5.72. The summed E-state index contributed by atoms with van der Waals surface area (Å²) in [7, 11) is 0. The number of hydrogen-bond donors (Lipinski definition) is 1. The number of fused-ring (bicyclic) bond motifs is 1. The van der Waals surface area contributed by atoms with E-state index in [0.29, 0.717) is 0 Å². The maximum absolute atomic E-state index is 12.6. The zero-order chi connectivity index (χ0) is 17.1. The van der Waals surface area contributed by atoms with Gasteiger partial charge < -0.3 is 10.2 Å². The number of aromatic nitrogens is 1. The van der Waals surface area contributed by atoms with E-state index in [0.717, 1.165) is 60.0 Å². The van der Waals surface area contributed by atoms with Crippen LogP contribution in [0.1, 0.15) is 52.6 Å². The second-order valence-corrected chi connectivity index (χ2v) is 7.34. The second-order valence-electron chi connectivity index (χ2n) is 6.25. The van der Waals surface area contributed by atoms with Crippen molar-refractivity contribution in [3.63, 3.8) is 0 Å².